The van der Waals surface area contributed by atoms with Gasteiger partial charge in [0.2, 0.25) is 11.8 Å². The molecule has 1 fully saturated rings. The molecule has 1 atom stereocenters. The largest absolute Gasteiger partial charge is 0.352 e. The first-order valence-corrected chi connectivity index (χ1v) is 16.3. The van der Waals surface area contributed by atoms with Crippen molar-refractivity contribution in [1.82, 2.24) is 10.2 Å². The number of sulfonamides is 1. The van der Waals surface area contributed by atoms with Crippen molar-refractivity contribution in [2.24, 2.45) is 0 Å². The second-order valence-electron chi connectivity index (χ2n) is 10.2. The van der Waals surface area contributed by atoms with E-state index in [1.807, 2.05) is 31.2 Å². The van der Waals surface area contributed by atoms with E-state index < -0.39 is 28.5 Å². The van der Waals surface area contributed by atoms with E-state index in [0.717, 1.165) is 45.6 Å². The molecular weight excluding hydrogens is 649 g/mol. The number of aryl methyl sites for hydroxylation is 1. The molecule has 0 heterocycles. The SMILES string of the molecule is Cc1ccc(S(=O)(=O)N(CC(=O)N(Cc2ccc(Br)cc2)C(C)C(=O)NC2CCCC2)c2cccc(Cl)c2Cl)cc1. The molecule has 1 aliphatic carbocycles. The molecule has 41 heavy (non-hydrogen) atoms. The van der Waals surface area contributed by atoms with Crippen LogP contribution in [0.5, 0.6) is 0 Å². The zero-order valence-corrected chi connectivity index (χ0v) is 26.7. The average molecular weight is 681 g/mol. The number of nitrogens with zero attached hydrogens (tertiary/aromatic N) is 2. The van der Waals surface area contributed by atoms with E-state index in [1.165, 1.54) is 23.1 Å². The molecule has 4 rings (SSSR count). The molecule has 1 aliphatic rings. The van der Waals surface area contributed by atoms with Crippen molar-refractivity contribution in [2.75, 3.05) is 10.8 Å². The van der Waals surface area contributed by atoms with Crippen LogP contribution in [-0.4, -0.2) is 43.8 Å². The Bertz CT molecular complexity index is 1500. The predicted octanol–water partition coefficient (Wildman–Crippen LogP) is 6.74. The second kappa shape index (κ2) is 13.6. The van der Waals surface area contributed by atoms with Crippen LogP contribution in [0.15, 0.2) is 76.1 Å². The van der Waals surface area contributed by atoms with Gasteiger partial charge in [0.25, 0.3) is 10.0 Å². The molecule has 0 saturated heterocycles. The Kier molecular flexibility index (Phi) is 10.4. The minimum atomic E-state index is -4.25. The lowest BCUT2D eigenvalue weighted by Gasteiger charge is -2.32. The molecule has 3 aromatic rings. The van der Waals surface area contributed by atoms with Gasteiger partial charge in [-0.2, -0.15) is 0 Å². The summed E-state index contributed by atoms with van der Waals surface area (Å²) in [6.45, 7) is 3.02. The maximum absolute atomic E-state index is 14.1. The fourth-order valence-corrected chi connectivity index (χ4v) is 6.93. The summed E-state index contributed by atoms with van der Waals surface area (Å²) in [7, 11) is -4.25. The highest BCUT2D eigenvalue weighted by molar-refractivity contribution is 9.10. The van der Waals surface area contributed by atoms with Gasteiger partial charge in [-0.1, -0.05) is 87.9 Å². The molecule has 7 nitrogen and oxygen atoms in total. The van der Waals surface area contributed by atoms with Gasteiger partial charge in [-0.05, 0) is 68.7 Å². The smallest absolute Gasteiger partial charge is 0.264 e. The quantitative estimate of drug-likeness (QED) is 0.257. The van der Waals surface area contributed by atoms with E-state index in [9.17, 15) is 18.0 Å². The maximum atomic E-state index is 14.1. The standard InChI is InChI=1S/C30H32BrCl2N3O4S/c1-20-10-16-25(17-11-20)41(39,40)36(27-9-5-8-26(32)29(27)33)19-28(37)35(18-22-12-14-23(31)15-13-22)21(2)30(38)34-24-6-3-4-7-24/h5,8-17,21,24H,3-4,6-7,18-19H2,1-2H3,(H,34,38). The molecule has 3 aromatic carbocycles. The number of rotatable bonds is 10. The highest BCUT2D eigenvalue weighted by Crippen LogP contribution is 2.35. The zero-order chi connectivity index (χ0) is 29.7. The molecule has 0 aliphatic heterocycles. The Labute approximate surface area is 260 Å². The summed E-state index contributed by atoms with van der Waals surface area (Å²) in [5.74, 6) is -0.843. The van der Waals surface area contributed by atoms with Gasteiger partial charge in [-0.15, -0.1) is 0 Å². The lowest BCUT2D eigenvalue weighted by Crippen LogP contribution is -2.52. The molecule has 0 radical (unpaired) electrons. The summed E-state index contributed by atoms with van der Waals surface area (Å²) in [6, 6.07) is 17.6. The second-order valence-corrected chi connectivity index (χ2v) is 13.8. The number of hydrogen-bond acceptors (Lipinski definition) is 4. The molecule has 1 unspecified atom stereocenters. The van der Waals surface area contributed by atoms with E-state index in [-0.39, 0.29) is 39.1 Å². The summed E-state index contributed by atoms with van der Waals surface area (Å²) in [4.78, 5) is 28.8. The van der Waals surface area contributed by atoms with Gasteiger partial charge in [-0.3, -0.25) is 13.9 Å². The molecule has 0 aromatic heterocycles. The highest BCUT2D eigenvalue weighted by atomic mass is 79.9. The number of amides is 2. The van der Waals surface area contributed by atoms with Gasteiger partial charge in [0.1, 0.15) is 12.6 Å². The highest BCUT2D eigenvalue weighted by Gasteiger charge is 2.34. The first-order chi connectivity index (χ1) is 19.5. The Morgan fingerprint density at radius 1 is 1.00 bits per heavy atom. The zero-order valence-electron chi connectivity index (χ0n) is 22.8. The van der Waals surface area contributed by atoms with Crippen molar-refractivity contribution in [2.45, 2.75) is 63.1 Å². The minimum absolute atomic E-state index is 0.00146. The molecule has 0 spiro atoms. The third-order valence-corrected chi connectivity index (χ3v) is 10.3. The summed E-state index contributed by atoms with van der Waals surface area (Å²) in [5, 5.41) is 3.21. The van der Waals surface area contributed by atoms with Crippen LogP contribution in [0.25, 0.3) is 0 Å². The van der Waals surface area contributed by atoms with Crippen LogP contribution < -0.4 is 9.62 Å². The third-order valence-electron chi connectivity index (χ3n) is 7.22. The minimum Gasteiger partial charge on any atom is -0.352 e. The van der Waals surface area contributed by atoms with Crippen molar-refractivity contribution in [3.63, 3.8) is 0 Å². The number of nitrogens with one attached hydrogen (secondary N) is 1. The Morgan fingerprint density at radius 2 is 1.63 bits per heavy atom. The van der Waals surface area contributed by atoms with Crippen LogP contribution in [0.3, 0.4) is 0 Å². The van der Waals surface area contributed by atoms with Crippen molar-refractivity contribution < 1.29 is 18.0 Å². The molecular formula is C30H32BrCl2N3O4S. The van der Waals surface area contributed by atoms with Crippen LogP contribution in [0.1, 0.15) is 43.7 Å². The van der Waals surface area contributed by atoms with Gasteiger partial charge >= 0.3 is 0 Å². The van der Waals surface area contributed by atoms with Crippen molar-refractivity contribution in [1.29, 1.82) is 0 Å². The fraction of sp³-hybridized carbons (Fsp3) is 0.333. The lowest BCUT2D eigenvalue weighted by molar-refractivity contribution is -0.139. The van der Waals surface area contributed by atoms with Crippen LogP contribution in [-0.2, 0) is 26.2 Å². The fourth-order valence-electron chi connectivity index (χ4n) is 4.80. The summed E-state index contributed by atoms with van der Waals surface area (Å²) in [5.41, 5.74) is 1.74. The van der Waals surface area contributed by atoms with Crippen LogP contribution >= 0.6 is 39.1 Å². The monoisotopic (exact) mass is 679 g/mol. The van der Waals surface area contributed by atoms with E-state index in [4.69, 9.17) is 23.2 Å². The van der Waals surface area contributed by atoms with Crippen molar-refractivity contribution in [3.8, 4) is 0 Å². The molecule has 1 saturated carbocycles. The number of anilines is 1. The molecule has 11 heteroatoms. The first-order valence-electron chi connectivity index (χ1n) is 13.3. The van der Waals surface area contributed by atoms with E-state index >= 15 is 0 Å². The number of benzene rings is 3. The third kappa shape index (κ3) is 7.63. The van der Waals surface area contributed by atoms with Crippen LogP contribution in [0, 0.1) is 6.92 Å². The summed E-state index contributed by atoms with van der Waals surface area (Å²) < 4.78 is 29.8. The number of halogens is 3. The van der Waals surface area contributed by atoms with Gasteiger partial charge in [0.05, 0.1) is 20.6 Å². The summed E-state index contributed by atoms with van der Waals surface area (Å²) in [6.07, 6.45) is 3.89. The van der Waals surface area contributed by atoms with Crippen LogP contribution in [0.2, 0.25) is 10.0 Å². The summed E-state index contributed by atoms with van der Waals surface area (Å²) >= 11 is 16.2. The van der Waals surface area contributed by atoms with Crippen molar-refractivity contribution >= 4 is 66.7 Å². The van der Waals surface area contributed by atoms with Gasteiger partial charge in [-0.25, -0.2) is 8.42 Å². The van der Waals surface area contributed by atoms with Gasteiger partial charge in [0, 0.05) is 17.1 Å². The molecule has 1 N–H and O–H groups in total. The number of hydrogen-bond donors (Lipinski definition) is 1. The predicted molar refractivity (Wildman–Crippen MR) is 167 cm³/mol. The lowest BCUT2D eigenvalue weighted by atomic mass is 10.1. The number of carbonyl (C=O) groups is 2. The van der Waals surface area contributed by atoms with E-state index in [1.54, 1.807) is 31.2 Å². The number of carbonyl (C=O) groups excluding carboxylic acids is 2. The molecule has 218 valence electrons. The van der Waals surface area contributed by atoms with E-state index in [0.29, 0.717) is 0 Å². The normalized spacial score (nSPS) is 14.5. The molecule has 2 amide bonds. The van der Waals surface area contributed by atoms with E-state index in [2.05, 4.69) is 21.2 Å². The Balaban J connectivity index is 1.71. The topological polar surface area (TPSA) is 86.8 Å². The van der Waals surface area contributed by atoms with Crippen molar-refractivity contribution in [3.05, 3.63) is 92.4 Å². The first kappa shape index (κ1) is 31.3. The molecule has 0 bridgehead atoms. The van der Waals surface area contributed by atoms with Gasteiger partial charge < -0.3 is 10.2 Å². The maximum Gasteiger partial charge on any atom is 0.264 e. The Hall–Kier alpha value is -2.59. The Morgan fingerprint density at radius 3 is 2.27 bits per heavy atom. The van der Waals surface area contributed by atoms with Gasteiger partial charge in [0.15, 0.2) is 0 Å². The van der Waals surface area contributed by atoms with Crippen LogP contribution in [0.4, 0.5) is 5.69 Å². The average Bonchev–Trinajstić information content (AvgIpc) is 3.46.